The fourth-order valence-corrected chi connectivity index (χ4v) is 2.12. The average Bonchev–Trinajstić information content (AvgIpc) is 2.25. The average molecular weight is 252 g/mol. The van der Waals surface area contributed by atoms with Gasteiger partial charge in [-0.05, 0) is 0 Å². The molecule has 1 fully saturated rings. The number of carbonyl (C=O) groups is 1. The lowest BCUT2D eigenvalue weighted by molar-refractivity contribution is -0.284. The van der Waals surface area contributed by atoms with Gasteiger partial charge >= 0.3 is 0 Å². The number of ether oxygens (including phenoxy) is 2. The van der Waals surface area contributed by atoms with Crippen LogP contribution in [0.5, 0.6) is 0 Å². The molecule has 0 amide bonds. The highest BCUT2D eigenvalue weighted by molar-refractivity contribution is 8.13. The van der Waals surface area contributed by atoms with Gasteiger partial charge in [-0.15, -0.1) is 0 Å². The molecule has 94 valence electrons. The van der Waals surface area contributed by atoms with E-state index in [-0.39, 0.29) is 10.9 Å². The van der Waals surface area contributed by atoms with Crippen molar-refractivity contribution >= 4 is 16.9 Å². The zero-order valence-corrected chi connectivity index (χ0v) is 9.88. The largest absolute Gasteiger partial charge is 0.388 e. The minimum Gasteiger partial charge on any atom is -0.388 e. The molecule has 7 heteroatoms. The maximum atomic E-state index is 10.8. The second kappa shape index (κ2) is 5.95. The predicted octanol–water partition coefficient (Wildman–Crippen LogP) is -1.28. The maximum Gasteiger partial charge on any atom is 0.186 e. The zero-order valence-electron chi connectivity index (χ0n) is 9.07. The van der Waals surface area contributed by atoms with Crippen molar-refractivity contribution in [3.8, 4) is 0 Å². The molecule has 5 atom stereocenters. The Hall–Kier alpha value is -0.180. The van der Waals surface area contributed by atoms with E-state index >= 15 is 0 Å². The summed E-state index contributed by atoms with van der Waals surface area (Å²) in [5.74, 6) is 0.208. The van der Waals surface area contributed by atoms with Crippen molar-refractivity contribution in [2.75, 3.05) is 12.9 Å². The quantitative estimate of drug-likeness (QED) is 0.575. The molecule has 0 radical (unpaired) electrons. The number of rotatable bonds is 3. The van der Waals surface area contributed by atoms with E-state index in [0.717, 1.165) is 11.8 Å². The molecular weight excluding hydrogens is 236 g/mol. The second-order valence-electron chi connectivity index (χ2n) is 3.55. The van der Waals surface area contributed by atoms with Gasteiger partial charge in [-0.2, -0.15) is 0 Å². The molecule has 16 heavy (non-hydrogen) atoms. The van der Waals surface area contributed by atoms with Crippen molar-refractivity contribution in [2.45, 2.75) is 37.6 Å². The SMILES string of the molecule is CO[C@H]1O[C@H](CSC(C)=O)[C@@H](O)[C@H](O)[C@H]1O. The predicted molar refractivity (Wildman–Crippen MR) is 56.8 cm³/mol. The number of methoxy groups -OCH3 is 1. The molecule has 3 N–H and O–H groups in total. The van der Waals surface area contributed by atoms with Crippen molar-refractivity contribution in [1.29, 1.82) is 0 Å². The molecule has 0 aliphatic carbocycles. The van der Waals surface area contributed by atoms with E-state index in [1.165, 1.54) is 14.0 Å². The van der Waals surface area contributed by atoms with Gasteiger partial charge in [0.1, 0.15) is 18.3 Å². The Labute approximate surface area is 97.5 Å². The van der Waals surface area contributed by atoms with Gasteiger partial charge in [-0.1, -0.05) is 11.8 Å². The number of carbonyl (C=O) groups excluding carboxylic acids is 1. The van der Waals surface area contributed by atoms with Gasteiger partial charge in [0.25, 0.3) is 0 Å². The molecule has 0 aromatic carbocycles. The first-order valence-corrected chi connectivity index (χ1v) is 5.81. The Kier molecular flexibility index (Phi) is 5.16. The Bertz CT molecular complexity index is 246. The van der Waals surface area contributed by atoms with Crippen molar-refractivity contribution in [2.24, 2.45) is 0 Å². The summed E-state index contributed by atoms with van der Waals surface area (Å²) in [6.07, 6.45) is -5.59. The van der Waals surface area contributed by atoms with E-state index < -0.39 is 30.7 Å². The Morgan fingerprint density at radius 2 is 1.94 bits per heavy atom. The summed E-state index contributed by atoms with van der Waals surface area (Å²) in [4.78, 5) is 10.8. The molecule has 6 nitrogen and oxygen atoms in total. The molecule has 0 aromatic heterocycles. The lowest BCUT2D eigenvalue weighted by atomic mass is 10.00. The summed E-state index contributed by atoms with van der Waals surface area (Å²) >= 11 is 0.985. The van der Waals surface area contributed by atoms with Crippen LogP contribution in [0.25, 0.3) is 0 Å². The first-order chi connectivity index (χ1) is 7.47. The molecular formula is C9H16O6S. The highest BCUT2D eigenvalue weighted by atomic mass is 32.2. The summed E-state index contributed by atoms with van der Waals surface area (Å²) in [6.45, 7) is 1.40. The molecule has 1 aliphatic heterocycles. The summed E-state index contributed by atoms with van der Waals surface area (Å²) in [5, 5.41) is 28.5. The van der Waals surface area contributed by atoms with Crippen LogP contribution in [0.1, 0.15) is 6.92 Å². The fraction of sp³-hybridized carbons (Fsp3) is 0.889. The molecule has 0 bridgehead atoms. The normalized spacial score (nSPS) is 39.7. The van der Waals surface area contributed by atoms with E-state index in [0.29, 0.717) is 0 Å². The van der Waals surface area contributed by atoms with Crippen LogP contribution in [0.4, 0.5) is 0 Å². The highest BCUT2D eigenvalue weighted by Gasteiger charge is 2.43. The molecule has 0 spiro atoms. The van der Waals surface area contributed by atoms with E-state index in [4.69, 9.17) is 9.47 Å². The van der Waals surface area contributed by atoms with Gasteiger partial charge in [0, 0.05) is 19.8 Å². The van der Waals surface area contributed by atoms with Crippen molar-refractivity contribution in [3.63, 3.8) is 0 Å². The monoisotopic (exact) mass is 252 g/mol. The third-order valence-electron chi connectivity index (χ3n) is 2.35. The number of hydrogen-bond donors (Lipinski definition) is 3. The van der Waals surface area contributed by atoms with E-state index in [1.54, 1.807) is 0 Å². The zero-order chi connectivity index (χ0) is 12.3. The Morgan fingerprint density at radius 1 is 1.31 bits per heavy atom. The summed E-state index contributed by atoms with van der Waals surface area (Å²) in [5.41, 5.74) is 0. The van der Waals surface area contributed by atoms with Crippen LogP contribution in [-0.2, 0) is 14.3 Å². The van der Waals surface area contributed by atoms with Crippen LogP contribution < -0.4 is 0 Å². The molecule has 1 aliphatic rings. The highest BCUT2D eigenvalue weighted by Crippen LogP contribution is 2.24. The molecule has 0 saturated carbocycles. The van der Waals surface area contributed by atoms with Gasteiger partial charge in [-0.3, -0.25) is 4.79 Å². The smallest absolute Gasteiger partial charge is 0.186 e. The molecule has 1 heterocycles. The van der Waals surface area contributed by atoms with Crippen molar-refractivity contribution in [1.82, 2.24) is 0 Å². The summed E-state index contributed by atoms with van der Waals surface area (Å²) in [6, 6.07) is 0. The number of aliphatic hydroxyl groups is 3. The standard InChI is InChI=1S/C9H16O6S/c1-4(10)16-3-5-6(11)7(12)8(13)9(14-2)15-5/h5-9,11-13H,3H2,1-2H3/t5-,6-,7+,8-,9+/m1/s1. The Balaban J connectivity index is 2.60. The summed E-state index contributed by atoms with van der Waals surface area (Å²) in [7, 11) is 1.33. The van der Waals surface area contributed by atoms with Crippen LogP contribution >= 0.6 is 11.8 Å². The maximum absolute atomic E-state index is 10.8. The number of thioether (sulfide) groups is 1. The van der Waals surface area contributed by atoms with Gasteiger partial charge < -0.3 is 24.8 Å². The second-order valence-corrected chi connectivity index (χ2v) is 4.75. The topological polar surface area (TPSA) is 96.2 Å². The number of aliphatic hydroxyl groups excluding tert-OH is 3. The lowest BCUT2D eigenvalue weighted by Crippen LogP contribution is -2.58. The van der Waals surface area contributed by atoms with Gasteiger partial charge in [0.05, 0.1) is 6.10 Å². The number of hydrogen-bond acceptors (Lipinski definition) is 7. The molecule has 1 rings (SSSR count). The van der Waals surface area contributed by atoms with Crippen LogP contribution in [0.3, 0.4) is 0 Å². The Morgan fingerprint density at radius 3 is 2.44 bits per heavy atom. The van der Waals surface area contributed by atoms with Crippen LogP contribution in [0.2, 0.25) is 0 Å². The minimum atomic E-state index is -1.34. The molecule has 0 unspecified atom stereocenters. The minimum absolute atomic E-state index is 0.106. The van der Waals surface area contributed by atoms with Gasteiger partial charge in [-0.25, -0.2) is 0 Å². The summed E-state index contributed by atoms with van der Waals surface area (Å²) < 4.78 is 10.0. The van der Waals surface area contributed by atoms with Crippen LogP contribution in [0.15, 0.2) is 0 Å². The first kappa shape index (κ1) is 13.9. The van der Waals surface area contributed by atoms with E-state index in [9.17, 15) is 20.1 Å². The van der Waals surface area contributed by atoms with E-state index in [1.807, 2.05) is 0 Å². The molecule has 1 saturated heterocycles. The van der Waals surface area contributed by atoms with Crippen molar-refractivity contribution < 1.29 is 29.6 Å². The third-order valence-corrected chi connectivity index (χ3v) is 3.25. The molecule has 0 aromatic rings. The van der Waals surface area contributed by atoms with Gasteiger partial charge in [0.2, 0.25) is 0 Å². The van der Waals surface area contributed by atoms with Crippen molar-refractivity contribution in [3.05, 3.63) is 0 Å². The van der Waals surface area contributed by atoms with Crippen LogP contribution in [-0.4, -0.2) is 64.0 Å². The van der Waals surface area contributed by atoms with Gasteiger partial charge in [0.15, 0.2) is 11.4 Å². The van der Waals surface area contributed by atoms with E-state index in [2.05, 4.69) is 0 Å². The van der Waals surface area contributed by atoms with Crippen LogP contribution in [0, 0.1) is 0 Å². The fourth-order valence-electron chi connectivity index (χ4n) is 1.45. The lowest BCUT2D eigenvalue weighted by Gasteiger charge is -2.39. The first-order valence-electron chi connectivity index (χ1n) is 4.83. The third kappa shape index (κ3) is 3.16.